The van der Waals surface area contributed by atoms with Crippen molar-refractivity contribution in [2.75, 3.05) is 7.11 Å². The maximum atomic E-state index is 13.6. The van der Waals surface area contributed by atoms with Crippen molar-refractivity contribution in [1.82, 2.24) is 5.43 Å². The fourth-order valence-electron chi connectivity index (χ4n) is 1.76. The molecule has 1 rings (SSSR count). The van der Waals surface area contributed by atoms with Gasteiger partial charge in [-0.15, -0.1) is 0 Å². The maximum Gasteiger partial charge on any atom is 0.126 e. The molecule has 3 nitrogen and oxygen atoms in total. The van der Waals surface area contributed by atoms with Crippen LogP contribution in [0.15, 0.2) is 18.2 Å². The summed E-state index contributed by atoms with van der Waals surface area (Å²) in [5.74, 6) is 5.24. The van der Waals surface area contributed by atoms with Crippen LogP contribution in [0.2, 0.25) is 5.02 Å². The van der Waals surface area contributed by atoms with Crippen LogP contribution in [0.25, 0.3) is 0 Å². The maximum absolute atomic E-state index is 13.6. The SMILES string of the molecule is COC(C)CCC(Cc1cc(Cl)ccc1F)NN. The number of halogens is 2. The van der Waals surface area contributed by atoms with Gasteiger partial charge in [-0.1, -0.05) is 11.6 Å². The zero-order chi connectivity index (χ0) is 13.5. The van der Waals surface area contributed by atoms with Gasteiger partial charge in [0.25, 0.3) is 0 Å². The minimum Gasteiger partial charge on any atom is -0.382 e. The lowest BCUT2D eigenvalue weighted by molar-refractivity contribution is 0.106. The van der Waals surface area contributed by atoms with Crippen molar-refractivity contribution < 1.29 is 9.13 Å². The van der Waals surface area contributed by atoms with Gasteiger partial charge in [-0.25, -0.2) is 4.39 Å². The van der Waals surface area contributed by atoms with Crippen molar-refractivity contribution in [1.29, 1.82) is 0 Å². The number of rotatable bonds is 7. The Kier molecular flexibility index (Phi) is 6.57. The van der Waals surface area contributed by atoms with Gasteiger partial charge in [-0.3, -0.25) is 11.3 Å². The molecule has 0 amide bonds. The predicted molar refractivity (Wildman–Crippen MR) is 71.9 cm³/mol. The summed E-state index contributed by atoms with van der Waals surface area (Å²) in [7, 11) is 1.67. The average molecular weight is 275 g/mol. The first-order chi connectivity index (χ1) is 8.56. The van der Waals surface area contributed by atoms with Gasteiger partial charge in [0.1, 0.15) is 5.82 Å². The van der Waals surface area contributed by atoms with Crippen molar-refractivity contribution in [2.24, 2.45) is 5.84 Å². The van der Waals surface area contributed by atoms with Crippen LogP contribution in [-0.2, 0) is 11.2 Å². The van der Waals surface area contributed by atoms with E-state index in [-0.39, 0.29) is 18.0 Å². The number of nitrogens with one attached hydrogen (secondary N) is 1. The highest BCUT2D eigenvalue weighted by Crippen LogP contribution is 2.18. The van der Waals surface area contributed by atoms with E-state index in [2.05, 4.69) is 5.43 Å². The summed E-state index contributed by atoms with van der Waals surface area (Å²) in [6.07, 6.45) is 2.37. The first-order valence-electron chi connectivity index (χ1n) is 5.99. The lowest BCUT2D eigenvalue weighted by Crippen LogP contribution is -2.37. The third kappa shape index (κ3) is 4.90. The van der Waals surface area contributed by atoms with Crippen LogP contribution in [0.1, 0.15) is 25.3 Å². The molecule has 1 aromatic rings. The smallest absolute Gasteiger partial charge is 0.126 e. The topological polar surface area (TPSA) is 47.3 Å². The molecule has 0 saturated carbocycles. The molecule has 2 unspecified atom stereocenters. The molecule has 102 valence electrons. The largest absolute Gasteiger partial charge is 0.382 e. The summed E-state index contributed by atoms with van der Waals surface area (Å²) in [4.78, 5) is 0. The Labute approximate surface area is 112 Å². The highest BCUT2D eigenvalue weighted by atomic mass is 35.5. The van der Waals surface area contributed by atoms with E-state index in [0.29, 0.717) is 17.0 Å². The molecule has 3 N–H and O–H groups in total. The van der Waals surface area contributed by atoms with E-state index < -0.39 is 0 Å². The molecule has 0 fully saturated rings. The fraction of sp³-hybridized carbons (Fsp3) is 0.538. The average Bonchev–Trinajstić information content (AvgIpc) is 2.37. The normalized spacial score (nSPS) is 14.5. The summed E-state index contributed by atoms with van der Waals surface area (Å²) in [6, 6.07) is 4.57. The van der Waals surface area contributed by atoms with Gasteiger partial charge in [0.05, 0.1) is 6.10 Å². The van der Waals surface area contributed by atoms with Crippen molar-refractivity contribution in [2.45, 2.75) is 38.3 Å². The zero-order valence-corrected chi connectivity index (χ0v) is 11.5. The number of hydrogen-bond donors (Lipinski definition) is 2. The summed E-state index contributed by atoms with van der Waals surface area (Å²) < 4.78 is 18.8. The third-order valence-electron chi connectivity index (χ3n) is 3.03. The second kappa shape index (κ2) is 7.69. The van der Waals surface area contributed by atoms with E-state index in [4.69, 9.17) is 22.2 Å². The lowest BCUT2D eigenvalue weighted by Gasteiger charge is -2.18. The van der Waals surface area contributed by atoms with Crippen LogP contribution in [0.5, 0.6) is 0 Å². The Morgan fingerprint density at radius 1 is 1.44 bits per heavy atom. The predicted octanol–water partition coefficient (Wildman–Crippen LogP) is 2.67. The molecule has 18 heavy (non-hydrogen) atoms. The van der Waals surface area contributed by atoms with Gasteiger partial charge >= 0.3 is 0 Å². The van der Waals surface area contributed by atoms with E-state index in [1.54, 1.807) is 13.2 Å². The Hall–Kier alpha value is -0.680. The monoisotopic (exact) mass is 274 g/mol. The molecule has 0 aliphatic rings. The number of nitrogens with two attached hydrogens (primary N) is 1. The first-order valence-corrected chi connectivity index (χ1v) is 6.37. The molecule has 0 saturated heterocycles. The van der Waals surface area contributed by atoms with Crippen LogP contribution in [-0.4, -0.2) is 19.3 Å². The molecule has 0 aliphatic heterocycles. The summed E-state index contributed by atoms with van der Waals surface area (Å²) in [5, 5.41) is 0.535. The van der Waals surface area contributed by atoms with Crippen molar-refractivity contribution in [3.63, 3.8) is 0 Å². The molecular formula is C13H20ClFN2O. The molecule has 1 aromatic carbocycles. The van der Waals surface area contributed by atoms with Gasteiger partial charge in [-0.05, 0) is 49.9 Å². The van der Waals surface area contributed by atoms with E-state index in [1.165, 1.54) is 12.1 Å². The molecule has 5 heteroatoms. The molecule has 0 heterocycles. The number of hydrazine groups is 1. The van der Waals surface area contributed by atoms with Crippen molar-refractivity contribution in [3.05, 3.63) is 34.6 Å². The Morgan fingerprint density at radius 3 is 2.78 bits per heavy atom. The van der Waals surface area contributed by atoms with Crippen LogP contribution < -0.4 is 11.3 Å². The van der Waals surface area contributed by atoms with E-state index >= 15 is 0 Å². The third-order valence-corrected chi connectivity index (χ3v) is 3.27. The fourth-order valence-corrected chi connectivity index (χ4v) is 1.96. The Balaban J connectivity index is 2.59. The van der Waals surface area contributed by atoms with Crippen LogP contribution >= 0.6 is 11.6 Å². The second-order valence-electron chi connectivity index (χ2n) is 4.43. The molecule has 0 aliphatic carbocycles. The van der Waals surface area contributed by atoms with Crippen LogP contribution in [0.3, 0.4) is 0 Å². The van der Waals surface area contributed by atoms with Gasteiger partial charge < -0.3 is 4.74 Å². The standard InChI is InChI=1S/C13H20ClFN2O/c1-9(18-2)3-5-12(17-16)8-10-7-11(14)4-6-13(10)15/h4,6-7,9,12,17H,3,5,8,16H2,1-2H3. The molecule has 0 spiro atoms. The quantitative estimate of drug-likeness (QED) is 0.594. The molecule has 0 bridgehead atoms. The minimum atomic E-state index is -0.251. The number of hydrogen-bond acceptors (Lipinski definition) is 3. The highest BCUT2D eigenvalue weighted by Gasteiger charge is 2.13. The van der Waals surface area contributed by atoms with Gasteiger partial charge in [0, 0.05) is 18.2 Å². The number of benzene rings is 1. The number of methoxy groups -OCH3 is 1. The van der Waals surface area contributed by atoms with Gasteiger partial charge in [0.15, 0.2) is 0 Å². The summed E-state index contributed by atoms with van der Waals surface area (Å²) in [6.45, 7) is 1.99. The summed E-state index contributed by atoms with van der Waals surface area (Å²) >= 11 is 5.86. The van der Waals surface area contributed by atoms with Gasteiger partial charge in [-0.2, -0.15) is 0 Å². The zero-order valence-electron chi connectivity index (χ0n) is 10.7. The molecule has 2 atom stereocenters. The minimum absolute atomic E-state index is 0.00978. The van der Waals surface area contributed by atoms with Crippen molar-refractivity contribution in [3.8, 4) is 0 Å². The molecular weight excluding hydrogens is 255 g/mol. The first kappa shape index (κ1) is 15.4. The lowest BCUT2D eigenvalue weighted by atomic mass is 10.0. The number of ether oxygens (including phenoxy) is 1. The highest BCUT2D eigenvalue weighted by molar-refractivity contribution is 6.30. The van der Waals surface area contributed by atoms with Crippen LogP contribution in [0.4, 0.5) is 4.39 Å². The van der Waals surface area contributed by atoms with Crippen LogP contribution in [0, 0.1) is 5.82 Å². The van der Waals surface area contributed by atoms with Gasteiger partial charge in [0.2, 0.25) is 0 Å². The Bertz CT molecular complexity index is 376. The molecule has 0 radical (unpaired) electrons. The van der Waals surface area contributed by atoms with E-state index in [1.807, 2.05) is 6.92 Å². The van der Waals surface area contributed by atoms with E-state index in [0.717, 1.165) is 12.8 Å². The Morgan fingerprint density at radius 2 is 2.17 bits per heavy atom. The molecule has 0 aromatic heterocycles. The van der Waals surface area contributed by atoms with E-state index in [9.17, 15) is 4.39 Å². The van der Waals surface area contributed by atoms with Crippen molar-refractivity contribution >= 4 is 11.6 Å². The second-order valence-corrected chi connectivity index (χ2v) is 4.86. The summed E-state index contributed by atoms with van der Waals surface area (Å²) in [5.41, 5.74) is 3.29.